The second-order valence-corrected chi connectivity index (χ2v) is 3.09. The lowest BCUT2D eigenvalue weighted by Crippen LogP contribution is -2.23. The molecule has 0 unspecified atom stereocenters. The maximum absolute atomic E-state index is 11.6. The van der Waals surface area contributed by atoms with Crippen molar-refractivity contribution in [2.24, 2.45) is 0 Å². The summed E-state index contributed by atoms with van der Waals surface area (Å²) in [7, 11) is 0. The molecule has 0 radical (unpaired) electrons. The molecule has 0 bridgehead atoms. The molecular weight excluding hydrogens is 152 g/mol. The number of hydrogen-bond donors (Lipinski definition) is 0. The van der Waals surface area contributed by atoms with Gasteiger partial charge in [0, 0.05) is 18.3 Å². The third-order valence-corrected chi connectivity index (χ3v) is 1.89. The van der Waals surface area contributed by atoms with Crippen LogP contribution in [0.5, 0.6) is 0 Å². The Kier molecular flexibility index (Phi) is 2.63. The molecular formula is C9H14N2O. The van der Waals surface area contributed by atoms with Gasteiger partial charge in [-0.15, -0.1) is 0 Å². The van der Waals surface area contributed by atoms with E-state index in [1.807, 2.05) is 20.8 Å². The molecule has 3 nitrogen and oxygen atoms in total. The first kappa shape index (κ1) is 8.97. The summed E-state index contributed by atoms with van der Waals surface area (Å²) >= 11 is 0. The Morgan fingerprint density at radius 2 is 2.25 bits per heavy atom. The van der Waals surface area contributed by atoms with Crippen molar-refractivity contribution >= 4 is 0 Å². The van der Waals surface area contributed by atoms with Crippen molar-refractivity contribution in [3.8, 4) is 0 Å². The fourth-order valence-electron chi connectivity index (χ4n) is 1.09. The molecule has 1 aromatic rings. The SMILES string of the molecule is CCn1cncc(C(C)C)c1=O. The minimum atomic E-state index is 0.0856. The van der Waals surface area contributed by atoms with Crippen molar-refractivity contribution in [1.29, 1.82) is 0 Å². The van der Waals surface area contributed by atoms with Gasteiger partial charge in [0.25, 0.3) is 5.56 Å². The molecule has 0 atom stereocenters. The average Bonchev–Trinajstić information content (AvgIpc) is 2.04. The lowest BCUT2D eigenvalue weighted by molar-refractivity contribution is 0.678. The monoisotopic (exact) mass is 166 g/mol. The highest BCUT2D eigenvalue weighted by Gasteiger charge is 2.05. The van der Waals surface area contributed by atoms with E-state index in [1.165, 1.54) is 0 Å². The number of rotatable bonds is 2. The normalized spacial score (nSPS) is 10.7. The number of hydrogen-bond acceptors (Lipinski definition) is 2. The highest BCUT2D eigenvalue weighted by molar-refractivity contribution is 5.08. The van der Waals surface area contributed by atoms with Crippen LogP contribution in [-0.2, 0) is 6.54 Å². The van der Waals surface area contributed by atoms with Crippen LogP contribution in [0.15, 0.2) is 17.3 Å². The van der Waals surface area contributed by atoms with Gasteiger partial charge in [-0.25, -0.2) is 4.98 Å². The minimum Gasteiger partial charge on any atom is -0.299 e. The Morgan fingerprint density at radius 1 is 1.58 bits per heavy atom. The second-order valence-electron chi connectivity index (χ2n) is 3.09. The molecule has 3 heteroatoms. The number of nitrogens with zero attached hydrogens (tertiary/aromatic N) is 2. The summed E-state index contributed by atoms with van der Waals surface area (Å²) in [5.74, 6) is 0.254. The summed E-state index contributed by atoms with van der Waals surface area (Å²) in [4.78, 5) is 15.6. The van der Waals surface area contributed by atoms with Crippen LogP contribution in [-0.4, -0.2) is 9.55 Å². The Hall–Kier alpha value is -1.12. The zero-order valence-electron chi connectivity index (χ0n) is 7.74. The Bertz CT molecular complexity index is 315. The highest BCUT2D eigenvalue weighted by Crippen LogP contribution is 2.06. The summed E-state index contributed by atoms with van der Waals surface area (Å²) < 4.78 is 1.62. The molecule has 0 aliphatic heterocycles. The van der Waals surface area contributed by atoms with Crippen molar-refractivity contribution in [2.75, 3.05) is 0 Å². The van der Waals surface area contributed by atoms with Gasteiger partial charge in [-0.1, -0.05) is 13.8 Å². The molecule has 0 aromatic carbocycles. The Labute approximate surface area is 72.1 Å². The van der Waals surface area contributed by atoms with Gasteiger partial charge in [-0.3, -0.25) is 9.36 Å². The smallest absolute Gasteiger partial charge is 0.256 e. The predicted octanol–water partition coefficient (Wildman–Crippen LogP) is 1.39. The van der Waals surface area contributed by atoms with Gasteiger partial charge in [0.1, 0.15) is 0 Å². The van der Waals surface area contributed by atoms with E-state index >= 15 is 0 Å². The molecule has 0 N–H and O–H groups in total. The third-order valence-electron chi connectivity index (χ3n) is 1.89. The van der Waals surface area contributed by atoms with Crippen molar-refractivity contribution in [3.05, 3.63) is 28.4 Å². The molecule has 0 amide bonds. The van der Waals surface area contributed by atoms with Crippen LogP contribution in [0, 0.1) is 0 Å². The molecule has 0 saturated heterocycles. The van der Waals surface area contributed by atoms with E-state index in [0.717, 1.165) is 5.56 Å². The van der Waals surface area contributed by atoms with Gasteiger partial charge in [-0.05, 0) is 12.8 Å². The zero-order chi connectivity index (χ0) is 9.14. The zero-order valence-corrected chi connectivity index (χ0v) is 7.74. The van der Waals surface area contributed by atoms with Crippen LogP contribution in [0.1, 0.15) is 32.3 Å². The summed E-state index contributed by atoms with van der Waals surface area (Å²) in [6.07, 6.45) is 3.23. The molecule has 1 rings (SSSR count). The first-order valence-electron chi connectivity index (χ1n) is 4.21. The fourth-order valence-corrected chi connectivity index (χ4v) is 1.09. The van der Waals surface area contributed by atoms with E-state index in [4.69, 9.17) is 0 Å². The first-order valence-corrected chi connectivity index (χ1v) is 4.21. The van der Waals surface area contributed by atoms with Crippen LogP contribution in [0.3, 0.4) is 0 Å². The van der Waals surface area contributed by atoms with Gasteiger partial charge < -0.3 is 0 Å². The standard InChI is InChI=1S/C9H14N2O/c1-4-11-6-10-5-8(7(2)3)9(11)12/h5-7H,4H2,1-3H3. The van der Waals surface area contributed by atoms with E-state index in [2.05, 4.69) is 4.98 Å². The van der Waals surface area contributed by atoms with E-state index in [0.29, 0.717) is 6.54 Å². The van der Waals surface area contributed by atoms with Crippen LogP contribution in [0.2, 0.25) is 0 Å². The summed E-state index contributed by atoms with van der Waals surface area (Å²) in [5, 5.41) is 0. The van der Waals surface area contributed by atoms with E-state index in [9.17, 15) is 4.79 Å². The van der Waals surface area contributed by atoms with Crippen LogP contribution in [0.25, 0.3) is 0 Å². The summed E-state index contributed by atoms with van der Waals surface area (Å²) in [5.41, 5.74) is 0.877. The molecule has 0 spiro atoms. The molecule has 1 aromatic heterocycles. The van der Waals surface area contributed by atoms with Crippen molar-refractivity contribution in [1.82, 2.24) is 9.55 Å². The lowest BCUT2D eigenvalue weighted by atomic mass is 10.1. The first-order chi connectivity index (χ1) is 5.66. The Morgan fingerprint density at radius 3 is 2.75 bits per heavy atom. The molecule has 0 fully saturated rings. The highest BCUT2D eigenvalue weighted by atomic mass is 16.1. The molecule has 0 aliphatic rings. The lowest BCUT2D eigenvalue weighted by Gasteiger charge is -2.06. The second kappa shape index (κ2) is 3.52. The van der Waals surface area contributed by atoms with Gasteiger partial charge in [0.2, 0.25) is 0 Å². The van der Waals surface area contributed by atoms with Crippen LogP contribution in [0.4, 0.5) is 0 Å². The molecule has 12 heavy (non-hydrogen) atoms. The predicted molar refractivity (Wildman–Crippen MR) is 48.3 cm³/mol. The van der Waals surface area contributed by atoms with E-state index < -0.39 is 0 Å². The largest absolute Gasteiger partial charge is 0.299 e. The van der Waals surface area contributed by atoms with Crippen molar-refractivity contribution in [3.63, 3.8) is 0 Å². The van der Waals surface area contributed by atoms with Gasteiger partial charge in [0.15, 0.2) is 0 Å². The van der Waals surface area contributed by atoms with Crippen molar-refractivity contribution in [2.45, 2.75) is 33.2 Å². The van der Waals surface area contributed by atoms with Gasteiger partial charge >= 0.3 is 0 Å². The molecule has 0 saturated carbocycles. The Balaban J connectivity index is 3.24. The molecule has 66 valence electrons. The summed E-state index contributed by atoms with van der Waals surface area (Å²) in [6.45, 7) is 6.62. The summed E-state index contributed by atoms with van der Waals surface area (Å²) in [6, 6.07) is 0. The van der Waals surface area contributed by atoms with Crippen LogP contribution >= 0.6 is 0 Å². The van der Waals surface area contributed by atoms with Gasteiger partial charge in [-0.2, -0.15) is 0 Å². The molecule has 0 aliphatic carbocycles. The third kappa shape index (κ3) is 1.55. The van der Waals surface area contributed by atoms with Crippen LogP contribution < -0.4 is 5.56 Å². The van der Waals surface area contributed by atoms with E-state index in [-0.39, 0.29) is 11.5 Å². The quantitative estimate of drug-likeness (QED) is 0.665. The average molecular weight is 166 g/mol. The number of aromatic nitrogens is 2. The molecule has 1 heterocycles. The van der Waals surface area contributed by atoms with Gasteiger partial charge in [0.05, 0.1) is 6.33 Å². The maximum atomic E-state index is 11.6. The number of aryl methyl sites for hydroxylation is 1. The van der Waals surface area contributed by atoms with Crippen molar-refractivity contribution < 1.29 is 0 Å². The minimum absolute atomic E-state index is 0.0856. The topological polar surface area (TPSA) is 34.9 Å². The maximum Gasteiger partial charge on any atom is 0.256 e. The van der Waals surface area contributed by atoms with E-state index in [1.54, 1.807) is 17.1 Å². The fraction of sp³-hybridized carbons (Fsp3) is 0.556.